The van der Waals surface area contributed by atoms with Gasteiger partial charge in [0.05, 0.1) is 12.3 Å². The summed E-state index contributed by atoms with van der Waals surface area (Å²) in [4.78, 5) is 0. The molecular formula is C25H21NO2. The molecule has 0 fully saturated rings. The Kier molecular flexibility index (Phi) is 4.03. The van der Waals surface area contributed by atoms with Gasteiger partial charge in [-0.3, -0.25) is 0 Å². The van der Waals surface area contributed by atoms with Gasteiger partial charge in [0.2, 0.25) is 0 Å². The van der Waals surface area contributed by atoms with E-state index in [1.54, 1.807) is 0 Å². The van der Waals surface area contributed by atoms with Crippen molar-refractivity contribution in [2.45, 2.75) is 13.5 Å². The molecule has 0 unspecified atom stereocenters. The first-order chi connectivity index (χ1) is 13.7. The number of para-hydroxylation sites is 1. The predicted octanol–water partition coefficient (Wildman–Crippen LogP) is 6.15. The fourth-order valence-corrected chi connectivity index (χ4v) is 3.84. The molecule has 0 atom stereocenters. The van der Waals surface area contributed by atoms with Crippen LogP contribution in [0.4, 0.5) is 0 Å². The van der Waals surface area contributed by atoms with Crippen LogP contribution in [0, 0.1) is 0 Å². The van der Waals surface area contributed by atoms with Crippen LogP contribution in [0.25, 0.3) is 44.1 Å². The molecule has 3 aromatic carbocycles. The summed E-state index contributed by atoms with van der Waals surface area (Å²) < 4.78 is 8.44. The predicted molar refractivity (Wildman–Crippen MR) is 115 cm³/mol. The van der Waals surface area contributed by atoms with Crippen molar-refractivity contribution in [3.63, 3.8) is 0 Å². The third-order valence-corrected chi connectivity index (χ3v) is 5.36. The molecule has 28 heavy (non-hydrogen) atoms. The molecule has 0 aliphatic carbocycles. The van der Waals surface area contributed by atoms with E-state index in [1.807, 2.05) is 25.1 Å². The zero-order valence-electron chi connectivity index (χ0n) is 15.7. The van der Waals surface area contributed by atoms with Gasteiger partial charge in [-0.15, -0.1) is 0 Å². The molecule has 5 rings (SSSR count). The maximum Gasteiger partial charge on any atom is 0.151 e. The van der Waals surface area contributed by atoms with Gasteiger partial charge in [0.25, 0.3) is 0 Å². The van der Waals surface area contributed by atoms with Crippen LogP contribution in [-0.4, -0.2) is 16.3 Å². The Hall–Kier alpha value is -3.30. The standard InChI is InChI=1S/C25H21NO2/c1-17(16-27)12-13-26-22-11-10-18-6-2-4-8-20(18)21(22)15-23(26)25-14-19-7-3-5-9-24(19)28-25/h2-12,14-15,27H,13,16H2,1H3/b17-12+. The van der Waals surface area contributed by atoms with Crippen LogP contribution in [0.1, 0.15) is 6.92 Å². The fourth-order valence-electron chi connectivity index (χ4n) is 3.84. The Morgan fingerprint density at radius 3 is 2.54 bits per heavy atom. The Morgan fingerprint density at radius 2 is 1.71 bits per heavy atom. The van der Waals surface area contributed by atoms with E-state index in [4.69, 9.17) is 4.42 Å². The molecule has 0 saturated carbocycles. The maximum absolute atomic E-state index is 9.40. The van der Waals surface area contributed by atoms with Gasteiger partial charge in [0.1, 0.15) is 5.58 Å². The highest BCUT2D eigenvalue weighted by atomic mass is 16.3. The van der Waals surface area contributed by atoms with E-state index in [0.29, 0.717) is 6.54 Å². The third kappa shape index (κ3) is 2.72. The number of rotatable bonds is 4. The van der Waals surface area contributed by atoms with E-state index in [9.17, 15) is 5.11 Å². The maximum atomic E-state index is 9.40. The molecular weight excluding hydrogens is 346 g/mol. The third-order valence-electron chi connectivity index (χ3n) is 5.36. The van der Waals surface area contributed by atoms with Crippen LogP contribution >= 0.6 is 0 Å². The number of aliphatic hydroxyl groups excluding tert-OH is 1. The number of furan rings is 1. The smallest absolute Gasteiger partial charge is 0.151 e. The summed E-state index contributed by atoms with van der Waals surface area (Å²) in [5.41, 5.74) is 4.06. The second-order valence-corrected chi connectivity index (χ2v) is 7.22. The lowest BCUT2D eigenvalue weighted by atomic mass is 10.1. The second-order valence-electron chi connectivity index (χ2n) is 7.22. The van der Waals surface area contributed by atoms with Gasteiger partial charge in [0.15, 0.2) is 5.76 Å². The van der Waals surface area contributed by atoms with Crippen molar-refractivity contribution in [3.8, 4) is 11.5 Å². The molecule has 0 bridgehead atoms. The van der Waals surface area contributed by atoms with Gasteiger partial charge in [-0.2, -0.15) is 0 Å². The normalized spacial score (nSPS) is 12.4. The van der Waals surface area contributed by atoms with Gasteiger partial charge >= 0.3 is 0 Å². The van der Waals surface area contributed by atoms with Crippen molar-refractivity contribution in [1.82, 2.24) is 4.57 Å². The highest BCUT2D eigenvalue weighted by Gasteiger charge is 2.15. The quantitative estimate of drug-likeness (QED) is 0.387. The lowest BCUT2D eigenvalue weighted by Gasteiger charge is -2.08. The zero-order valence-corrected chi connectivity index (χ0v) is 15.7. The van der Waals surface area contributed by atoms with Crippen molar-refractivity contribution < 1.29 is 9.52 Å². The first kappa shape index (κ1) is 16.8. The first-order valence-electron chi connectivity index (χ1n) is 9.51. The summed E-state index contributed by atoms with van der Waals surface area (Å²) in [5, 5.41) is 14.2. The number of hydrogen-bond donors (Lipinski definition) is 1. The molecule has 0 radical (unpaired) electrons. The second kappa shape index (κ2) is 6.70. The molecule has 0 amide bonds. The van der Waals surface area contributed by atoms with Crippen LogP contribution in [0.3, 0.4) is 0 Å². The fraction of sp³-hybridized carbons (Fsp3) is 0.120. The van der Waals surface area contributed by atoms with Crippen molar-refractivity contribution >= 4 is 32.6 Å². The Labute approximate surface area is 163 Å². The number of nitrogens with zero attached hydrogens (tertiary/aromatic N) is 1. The summed E-state index contributed by atoms with van der Waals surface area (Å²) in [6.07, 6.45) is 2.07. The molecule has 5 aromatic rings. The Bertz CT molecular complexity index is 1300. The lowest BCUT2D eigenvalue weighted by Crippen LogP contribution is -1.99. The number of hydrogen-bond acceptors (Lipinski definition) is 2. The number of benzene rings is 3. The van der Waals surface area contributed by atoms with Gasteiger partial charge < -0.3 is 14.1 Å². The van der Waals surface area contributed by atoms with Crippen LogP contribution in [0.2, 0.25) is 0 Å². The van der Waals surface area contributed by atoms with Gasteiger partial charge in [0, 0.05) is 22.8 Å². The Balaban J connectivity index is 1.79. The summed E-state index contributed by atoms with van der Waals surface area (Å²) in [7, 11) is 0. The molecule has 2 aromatic heterocycles. The number of fused-ring (bicyclic) bond motifs is 4. The van der Waals surface area contributed by atoms with Crippen LogP contribution in [0.5, 0.6) is 0 Å². The lowest BCUT2D eigenvalue weighted by molar-refractivity contribution is 0.331. The average molecular weight is 367 g/mol. The minimum atomic E-state index is 0.0715. The first-order valence-corrected chi connectivity index (χ1v) is 9.51. The monoisotopic (exact) mass is 367 g/mol. The van der Waals surface area contributed by atoms with Gasteiger partial charge in [-0.25, -0.2) is 0 Å². The van der Waals surface area contributed by atoms with Crippen LogP contribution in [0.15, 0.2) is 88.9 Å². The summed E-state index contributed by atoms with van der Waals surface area (Å²) >= 11 is 0. The number of allylic oxidation sites excluding steroid dienone is 1. The largest absolute Gasteiger partial charge is 0.455 e. The molecule has 0 aliphatic heterocycles. The van der Waals surface area contributed by atoms with Crippen LogP contribution in [-0.2, 0) is 6.54 Å². The Morgan fingerprint density at radius 1 is 0.929 bits per heavy atom. The number of aromatic nitrogens is 1. The van der Waals surface area contributed by atoms with E-state index in [1.165, 1.54) is 16.2 Å². The van der Waals surface area contributed by atoms with Crippen molar-refractivity contribution in [1.29, 1.82) is 0 Å². The molecule has 3 nitrogen and oxygen atoms in total. The van der Waals surface area contributed by atoms with Crippen molar-refractivity contribution in [2.24, 2.45) is 0 Å². The summed E-state index contributed by atoms with van der Waals surface area (Å²) in [6.45, 7) is 2.70. The minimum absolute atomic E-state index is 0.0715. The van der Waals surface area contributed by atoms with E-state index in [2.05, 4.69) is 65.2 Å². The zero-order chi connectivity index (χ0) is 19.1. The van der Waals surface area contributed by atoms with Crippen molar-refractivity contribution in [3.05, 3.63) is 84.4 Å². The average Bonchev–Trinajstić information content (AvgIpc) is 3.33. The summed E-state index contributed by atoms with van der Waals surface area (Å²) in [5.74, 6) is 0.858. The SMILES string of the molecule is C/C(=C\Cn1c(-c2cc3ccccc3o2)cc2c3ccccc3ccc21)CO. The summed E-state index contributed by atoms with van der Waals surface area (Å²) in [6, 6.07) is 25.2. The molecule has 0 saturated heterocycles. The van der Waals surface area contributed by atoms with Gasteiger partial charge in [-0.05, 0) is 42.0 Å². The molecule has 0 spiro atoms. The minimum Gasteiger partial charge on any atom is -0.455 e. The molecule has 1 N–H and O–H groups in total. The molecule has 0 aliphatic rings. The van der Waals surface area contributed by atoms with Crippen molar-refractivity contribution in [2.75, 3.05) is 6.61 Å². The van der Waals surface area contributed by atoms with E-state index in [0.717, 1.165) is 33.5 Å². The van der Waals surface area contributed by atoms with E-state index < -0.39 is 0 Å². The number of aliphatic hydroxyl groups is 1. The highest BCUT2D eigenvalue weighted by molar-refractivity contribution is 6.08. The van der Waals surface area contributed by atoms with Gasteiger partial charge in [-0.1, -0.05) is 60.2 Å². The molecule has 2 heterocycles. The van der Waals surface area contributed by atoms with E-state index in [-0.39, 0.29) is 6.61 Å². The van der Waals surface area contributed by atoms with E-state index >= 15 is 0 Å². The van der Waals surface area contributed by atoms with Crippen LogP contribution < -0.4 is 0 Å². The molecule has 3 heteroatoms. The molecule has 138 valence electrons. The highest BCUT2D eigenvalue weighted by Crippen LogP contribution is 2.35. The topological polar surface area (TPSA) is 38.3 Å².